The maximum atomic E-state index is 5.48. The summed E-state index contributed by atoms with van der Waals surface area (Å²) < 4.78 is 5.23. The summed E-state index contributed by atoms with van der Waals surface area (Å²) in [6.45, 7) is 2.10. The highest BCUT2D eigenvalue weighted by Gasteiger charge is 1.99. The third kappa shape index (κ3) is 1.74. The fourth-order valence-electron chi connectivity index (χ4n) is 0.772. The first-order valence-electron chi connectivity index (χ1n) is 3.36. The van der Waals surface area contributed by atoms with Crippen LogP contribution in [0.1, 0.15) is 25.0 Å². The Morgan fingerprint density at radius 1 is 1.70 bits per heavy atom. The number of halogens is 1. The number of hydrogen-bond acceptors (Lipinski definition) is 2. The Balaban J connectivity index is 2.59. The van der Waals surface area contributed by atoms with E-state index >= 15 is 0 Å². The van der Waals surface area contributed by atoms with Crippen molar-refractivity contribution in [2.75, 3.05) is 0 Å². The zero-order valence-electron chi connectivity index (χ0n) is 5.93. The largest absolute Gasteiger partial charge is 0.444 e. The van der Waals surface area contributed by atoms with Gasteiger partial charge in [0.15, 0.2) is 0 Å². The molecule has 0 amide bonds. The SMILES string of the molecule is CCCc1cnc(CCl)o1. The molecule has 1 aromatic rings. The van der Waals surface area contributed by atoms with Gasteiger partial charge in [-0.2, -0.15) is 0 Å². The number of alkyl halides is 1. The average Bonchev–Trinajstić information content (AvgIpc) is 2.37. The molecule has 56 valence electrons. The molecule has 1 heterocycles. The minimum absolute atomic E-state index is 0.365. The highest BCUT2D eigenvalue weighted by molar-refractivity contribution is 6.16. The highest BCUT2D eigenvalue weighted by Crippen LogP contribution is 2.07. The molecule has 10 heavy (non-hydrogen) atoms. The van der Waals surface area contributed by atoms with Crippen LogP contribution in [-0.4, -0.2) is 4.98 Å². The number of hydrogen-bond donors (Lipinski definition) is 0. The molecule has 0 unspecified atom stereocenters. The smallest absolute Gasteiger partial charge is 0.209 e. The van der Waals surface area contributed by atoms with Crippen LogP contribution in [0.5, 0.6) is 0 Å². The lowest BCUT2D eigenvalue weighted by molar-refractivity contribution is 0.468. The van der Waals surface area contributed by atoms with E-state index in [-0.39, 0.29) is 0 Å². The Bertz CT molecular complexity index is 197. The van der Waals surface area contributed by atoms with Gasteiger partial charge in [0, 0.05) is 6.42 Å². The van der Waals surface area contributed by atoms with Crippen molar-refractivity contribution in [2.45, 2.75) is 25.6 Å². The van der Waals surface area contributed by atoms with Crippen LogP contribution < -0.4 is 0 Å². The second kappa shape index (κ2) is 3.62. The van der Waals surface area contributed by atoms with Crippen molar-refractivity contribution in [1.29, 1.82) is 0 Å². The molecule has 3 heteroatoms. The van der Waals surface area contributed by atoms with E-state index in [1.807, 2.05) is 0 Å². The monoisotopic (exact) mass is 159 g/mol. The standard InChI is InChI=1S/C7H10ClNO/c1-2-3-6-5-9-7(4-8)10-6/h5H,2-4H2,1H3. The molecule has 0 saturated carbocycles. The molecular weight excluding hydrogens is 150 g/mol. The van der Waals surface area contributed by atoms with E-state index in [1.165, 1.54) is 0 Å². The summed E-state index contributed by atoms with van der Waals surface area (Å²) in [7, 11) is 0. The van der Waals surface area contributed by atoms with Crippen molar-refractivity contribution >= 4 is 11.6 Å². The second-order valence-electron chi connectivity index (χ2n) is 2.10. The maximum absolute atomic E-state index is 5.48. The molecule has 0 N–H and O–H groups in total. The van der Waals surface area contributed by atoms with Gasteiger partial charge in [-0.1, -0.05) is 6.92 Å². The lowest BCUT2D eigenvalue weighted by atomic mass is 10.3. The summed E-state index contributed by atoms with van der Waals surface area (Å²) in [5, 5.41) is 0. The van der Waals surface area contributed by atoms with Gasteiger partial charge in [-0.05, 0) is 6.42 Å². The summed E-state index contributed by atoms with van der Waals surface area (Å²) >= 11 is 5.48. The van der Waals surface area contributed by atoms with Gasteiger partial charge in [-0.15, -0.1) is 11.6 Å². The van der Waals surface area contributed by atoms with Gasteiger partial charge in [0.25, 0.3) is 0 Å². The molecule has 0 bridgehead atoms. The van der Waals surface area contributed by atoms with Crippen molar-refractivity contribution in [3.8, 4) is 0 Å². The van der Waals surface area contributed by atoms with Crippen molar-refractivity contribution in [2.24, 2.45) is 0 Å². The molecule has 1 aromatic heterocycles. The van der Waals surface area contributed by atoms with E-state index in [4.69, 9.17) is 16.0 Å². The molecule has 0 atom stereocenters. The van der Waals surface area contributed by atoms with Gasteiger partial charge < -0.3 is 4.42 Å². The van der Waals surface area contributed by atoms with Crippen LogP contribution in [0.4, 0.5) is 0 Å². The molecule has 0 aliphatic rings. The van der Waals surface area contributed by atoms with Crippen LogP contribution in [0.15, 0.2) is 10.6 Å². The van der Waals surface area contributed by atoms with Crippen molar-refractivity contribution in [3.05, 3.63) is 17.8 Å². The van der Waals surface area contributed by atoms with E-state index in [0.29, 0.717) is 11.8 Å². The topological polar surface area (TPSA) is 26.0 Å². The Morgan fingerprint density at radius 2 is 2.50 bits per heavy atom. The molecule has 0 radical (unpaired) electrons. The predicted octanol–water partition coefficient (Wildman–Crippen LogP) is 2.37. The lowest BCUT2D eigenvalue weighted by Gasteiger charge is -1.87. The summed E-state index contributed by atoms with van der Waals surface area (Å²) in [5.74, 6) is 1.91. The van der Waals surface area contributed by atoms with Crippen molar-refractivity contribution in [3.63, 3.8) is 0 Å². The number of oxazole rings is 1. The lowest BCUT2D eigenvalue weighted by Crippen LogP contribution is -1.75. The van der Waals surface area contributed by atoms with Gasteiger partial charge >= 0.3 is 0 Å². The van der Waals surface area contributed by atoms with E-state index in [0.717, 1.165) is 18.6 Å². The van der Waals surface area contributed by atoms with Crippen LogP contribution >= 0.6 is 11.6 Å². The number of nitrogens with zero attached hydrogens (tertiary/aromatic N) is 1. The Kier molecular flexibility index (Phi) is 2.75. The number of rotatable bonds is 3. The van der Waals surface area contributed by atoms with Crippen molar-refractivity contribution in [1.82, 2.24) is 4.98 Å². The van der Waals surface area contributed by atoms with E-state index in [9.17, 15) is 0 Å². The molecule has 0 aliphatic heterocycles. The molecular formula is C7H10ClNO. The molecule has 0 fully saturated rings. The summed E-state index contributed by atoms with van der Waals surface area (Å²) in [6, 6.07) is 0. The first-order chi connectivity index (χ1) is 4.86. The Hall–Kier alpha value is -0.500. The van der Waals surface area contributed by atoms with Gasteiger partial charge in [-0.25, -0.2) is 4.98 Å². The van der Waals surface area contributed by atoms with Crippen LogP contribution in [0.2, 0.25) is 0 Å². The third-order valence-electron chi connectivity index (χ3n) is 1.21. The zero-order valence-corrected chi connectivity index (χ0v) is 6.69. The molecule has 1 rings (SSSR count). The first kappa shape index (κ1) is 7.61. The molecule has 0 aromatic carbocycles. The second-order valence-corrected chi connectivity index (χ2v) is 2.37. The maximum Gasteiger partial charge on any atom is 0.209 e. The average molecular weight is 160 g/mol. The van der Waals surface area contributed by atoms with Gasteiger partial charge in [0.1, 0.15) is 5.76 Å². The van der Waals surface area contributed by atoms with E-state index in [1.54, 1.807) is 6.20 Å². The summed E-state index contributed by atoms with van der Waals surface area (Å²) in [4.78, 5) is 3.95. The van der Waals surface area contributed by atoms with E-state index in [2.05, 4.69) is 11.9 Å². The van der Waals surface area contributed by atoms with Crippen LogP contribution in [0, 0.1) is 0 Å². The normalized spacial score (nSPS) is 10.2. The molecule has 0 aliphatic carbocycles. The van der Waals surface area contributed by atoms with Crippen LogP contribution in [-0.2, 0) is 12.3 Å². The predicted molar refractivity (Wildman–Crippen MR) is 40.1 cm³/mol. The molecule has 2 nitrogen and oxygen atoms in total. The van der Waals surface area contributed by atoms with Gasteiger partial charge in [-0.3, -0.25) is 0 Å². The molecule has 0 saturated heterocycles. The minimum Gasteiger partial charge on any atom is -0.444 e. The summed E-state index contributed by atoms with van der Waals surface area (Å²) in [6.07, 6.45) is 3.77. The van der Waals surface area contributed by atoms with Gasteiger partial charge in [0.2, 0.25) is 5.89 Å². The van der Waals surface area contributed by atoms with Crippen LogP contribution in [0.3, 0.4) is 0 Å². The summed E-state index contributed by atoms with van der Waals surface area (Å²) in [5.41, 5.74) is 0. The zero-order chi connectivity index (χ0) is 7.40. The Morgan fingerprint density at radius 3 is 3.00 bits per heavy atom. The number of aryl methyl sites for hydroxylation is 1. The number of aromatic nitrogens is 1. The Labute approximate surface area is 65.2 Å². The fraction of sp³-hybridized carbons (Fsp3) is 0.571. The van der Waals surface area contributed by atoms with E-state index < -0.39 is 0 Å². The minimum atomic E-state index is 0.365. The fourth-order valence-corrected chi connectivity index (χ4v) is 0.895. The first-order valence-corrected chi connectivity index (χ1v) is 3.89. The van der Waals surface area contributed by atoms with Crippen LogP contribution in [0.25, 0.3) is 0 Å². The van der Waals surface area contributed by atoms with Crippen molar-refractivity contribution < 1.29 is 4.42 Å². The quantitative estimate of drug-likeness (QED) is 0.633. The van der Waals surface area contributed by atoms with Gasteiger partial charge in [0.05, 0.1) is 12.1 Å². The third-order valence-corrected chi connectivity index (χ3v) is 1.44. The highest BCUT2D eigenvalue weighted by atomic mass is 35.5. The molecule has 0 spiro atoms.